The summed E-state index contributed by atoms with van der Waals surface area (Å²) in [4.78, 5) is 12.4. The molecule has 0 spiro atoms. The number of thioether (sulfide) groups is 1. The smallest absolute Gasteiger partial charge is 0.251 e. The molecule has 1 amide bonds. The second kappa shape index (κ2) is 9.67. The van der Waals surface area contributed by atoms with Gasteiger partial charge in [-0.1, -0.05) is 29.8 Å². The van der Waals surface area contributed by atoms with E-state index in [0.717, 1.165) is 22.9 Å². The molecule has 0 aliphatic carbocycles. The molecule has 1 aliphatic rings. The zero-order valence-corrected chi connectivity index (χ0v) is 17.8. The van der Waals surface area contributed by atoms with Crippen molar-refractivity contribution in [3.8, 4) is 0 Å². The predicted molar refractivity (Wildman–Crippen MR) is 117 cm³/mol. The summed E-state index contributed by atoms with van der Waals surface area (Å²) in [5, 5.41) is 3.62. The summed E-state index contributed by atoms with van der Waals surface area (Å²) in [5.41, 5.74) is 2.22. The van der Waals surface area contributed by atoms with E-state index in [1.807, 2.05) is 24.3 Å². The van der Waals surface area contributed by atoms with E-state index in [-0.39, 0.29) is 11.7 Å². The maximum absolute atomic E-state index is 12.4. The molecule has 1 N–H and O–H groups in total. The summed E-state index contributed by atoms with van der Waals surface area (Å²) in [5.74, 6) is 1.61. The van der Waals surface area contributed by atoms with Crippen molar-refractivity contribution in [3.63, 3.8) is 0 Å². The summed E-state index contributed by atoms with van der Waals surface area (Å²) in [6.45, 7) is 1.01. The van der Waals surface area contributed by atoms with Crippen LogP contribution < -0.4 is 9.62 Å². The molecule has 0 unspecified atom stereocenters. The standard InChI is InChI=1S/C20H23ClN2O3S2/c21-18-8-6-16(7-9-18)15-27-12-10-22-20(24)17-4-3-5-19(14-17)23-11-1-2-13-28(23,25)26/h3-9,14H,1-2,10-13,15H2,(H,22,24). The quantitative estimate of drug-likeness (QED) is 0.665. The number of anilines is 1. The number of carbonyl (C=O) groups is 1. The average Bonchev–Trinajstić information content (AvgIpc) is 2.69. The average molecular weight is 439 g/mol. The first-order chi connectivity index (χ1) is 13.5. The molecule has 28 heavy (non-hydrogen) atoms. The number of carbonyl (C=O) groups excluding carboxylic acids is 1. The van der Waals surface area contributed by atoms with Crippen molar-refractivity contribution in [2.45, 2.75) is 18.6 Å². The van der Waals surface area contributed by atoms with Gasteiger partial charge in [-0.2, -0.15) is 11.8 Å². The Hall–Kier alpha value is -1.70. The van der Waals surface area contributed by atoms with Gasteiger partial charge in [-0.25, -0.2) is 8.42 Å². The van der Waals surface area contributed by atoms with E-state index >= 15 is 0 Å². The second-order valence-electron chi connectivity index (χ2n) is 6.58. The Morgan fingerprint density at radius 2 is 1.93 bits per heavy atom. The summed E-state index contributed by atoms with van der Waals surface area (Å²) in [6, 6.07) is 14.5. The number of halogens is 1. The van der Waals surface area contributed by atoms with Crippen molar-refractivity contribution >= 4 is 45.0 Å². The number of hydrogen-bond donors (Lipinski definition) is 1. The Kier molecular flexibility index (Phi) is 7.26. The maximum atomic E-state index is 12.4. The fourth-order valence-electron chi connectivity index (χ4n) is 2.99. The molecule has 5 nitrogen and oxygen atoms in total. The first-order valence-corrected chi connectivity index (χ1v) is 12.3. The zero-order valence-electron chi connectivity index (χ0n) is 15.4. The minimum atomic E-state index is -3.28. The summed E-state index contributed by atoms with van der Waals surface area (Å²) in [7, 11) is -3.28. The van der Waals surface area contributed by atoms with E-state index in [1.54, 1.807) is 36.0 Å². The molecule has 0 atom stereocenters. The van der Waals surface area contributed by atoms with Crippen LogP contribution in [0.4, 0.5) is 5.69 Å². The Morgan fingerprint density at radius 3 is 2.68 bits per heavy atom. The van der Waals surface area contributed by atoms with Crippen LogP contribution in [0, 0.1) is 0 Å². The van der Waals surface area contributed by atoms with Gasteiger partial charge in [-0.3, -0.25) is 9.10 Å². The molecular formula is C20H23ClN2O3S2. The fraction of sp³-hybridized carbons (Fsp3) is 0.350. The van der Waals surface area contributed by atoms with Crippen molar-refractivity contribution in [2.75, 3.05) is 28.9 Å². The van der Waals surface area contributed by atoms with Crippen LogP contribution in [0.1, 0.15) is 28.8 Å². The molecule has 1 heterocycles. The summed E-state index contributed by atoms with van der Waals surface area (Å²) in [6.07, 6.45) is 1.52. The van der Waals surface area contributed by atoms with E-state index < -0.39 is 10.0 Å². The first-order valence-electron chi connectivity index (χ1n) is 9.16. The van der Waals surface area contributed by atoms with Gasteiger partial charge in [0.2, 0.25) is 10.0 Å². The van der Waals surface area contributed by atoms with E-state index in [0.29, 0.717) is 30.8 Å². The highest BCUT2D eigenvalue weighted by Gasteiger charge is 2.26. The SMILES string of the molecule is O=C(NCCSCc1ccc(Cl)cc1)c1cccc(N2CCCCS2(=O)=O)c1. The molecule has 0 bridgehead atoms. The largest absolute Gasteiger partial charge is 0.351 e. The highest BCUT2D eigenvalue weighted by molar-refractivity contribution is 7.98. The van der Waals surface area contributed by atoms with Crippen LogP contribution in [-0.2, 0) is 15.8 Å². The first kappa shape index (κ1) is 21.0. The summed E-state index contributed by atoms with van der Waals surface area (Å²) < 4.78 is 25.9. The van der Waals surface area contributed by atoms with Gasteiger partial charge in [-0.05, 0) is 48.7 Å². The monoisotopic (exact) mass is 438 g/mol. The number of nitrogens with zero attached hydrogens (tertiary/aromatic N) is 1. The molecule has 8 heteroatoms. The highest BCUT2D eigenvalue weighted by atomic mass is 35.5. The molecule has 1 saturated heterocycles. The molecule has 0 aromatic heterocycles. The molecular weight excluding hydrogens is 416 g/mol. The second-order valence-corrected chi connectivity index (χ2v) is 10.1. The Labute approximate surface area is 175 Å². The molecule has 1 aliphatic heterocycles. The van der Waals surface area contributed by atoms with E-state index in [4.69, 9.17) is 11.6 Å². The van der Waals surface area contributed by atoms with Gasteiger partial charge >= 0.3 is 0 Å². The third kappa shape index (κ3) is 5.65. The lowest BCUT2D eigenvalue weighted by atomic mass is 10.2. The van der Waals surface area contributed by atoms with Gasteiger partial charge in [0, 0.05) is 35.2 Å². The van der Waals surface area contributed by atoms with Crippen LogP contribution in [0.2, 0.25) is 5.02 Å². The fourth-order valence-corrected chi connectivity index (χ4v) is 5.57. The van der Waals surface area contributed by atoms with Gasteiger partial charge < -0.3 is 5.32 Å². The summed E-state index contributed by atoms with van der Waals surface area (Å²) >= 11 is 7.60. The van der Waals surface area contributed by atoms with Crippen LogP contribution in [0.3, 0.4) is 0 Å². The van der Waals surface area contributed by atoms with Crippen LogP contribution in [0.25, 0.3) is 0 Å². The number of sulfonamides is 1. The van der Waals surface area contributed by atoms with Crippen molar-refractivity contribution in [1.82, 2.24) is 5.32 Å². The zero-order chi connectivity index (χ0) is 20.0. The van der Waals surface area contributed by atoms with E-state index in [1.165, 1.54) is 9.87 Å². The minimum Gasteiger partial charge on any atom is -0.351 e. The number of hydrogen-bond acceptors (Lipinski definition) is 4. The molecule has 150 valence electrons. The van der Waals surface area contributed by atoms with Crippen molar-refractivity contribution in [3.05, 3.63) is 64.7 Å². The van der Waals surface area contributed by atoms with Crippen molar-refractivity contribution in [2.24, 2.45) is 0 Å². The molecule has 1 fully saturated rings. The number of nitrogens with one attached hydrogen (secondary N) is 1. The Bertz CT molecular complexity index is 917. The molecule has 3 rings (SSSR count). The number of benzene rings is 2. The van der Waals surface area contributed by atoms with Crippen molar-refractivity contribution < 1.29 is 13.2 Å². The molecule has 0 radical (unpaired) electrons. The lowest BCUT2D eigenvalue weighted by molar-refractivity contribution is 0.0956. The lowest BCUT2D eigenvalue weighted by Gasteiger charge is -2.28. The van der Waals surface area contributed by atoms with Crippen LogP contribution >= 0.6 is 23.4 Å². The van der Waals surface area contributed by atoms with Gasteiger partial charge in [0.1, 0.15) is 0 Å². The third-order valence-electron chi connectivity index (χ3n) is 4.46. The minimum absolute atomic E-state index is 0.161. The maximum Gasteiger partial charge on any atom is 0.251 e. The third-order valence-corrected chi connectivity index (χ3v) is 7.61. The Balaban J connectivity index is 1.50. The topological polar surface area (TPSA) is 66.5 Å². The normalized spacial score (nSPS) is 16.0. The van der Waals surface area contributed by atoms with E-state index in [9.17, 15) is 13.2 Å². The van der Waals surface area contributed by atoms with Gasteiger partial charge in [0.05, 0.1) is 11.4 Å². The predicted octanol–water partition coefficient (Wildman–Crippen LogP) is 3.93. The van der Waals surface area contributed by atoms with Crippen LogP contribution in [-0.4, -0.2) is 38.9 Å². The van der Waals surface area contributed by atoms with Gasteiger partial charge in [0.25, 0.3) is 5.91 Å². The van der Waals surface area contributed by atoms with Crippen LogP contribution in [0.5, 0.6) is 0 Å². The van der Waals surface area contributed by atoms with E-state index in [2.05, 4.69) is 5.32 Å². The number of amides is 1. The van der Waals surface area contributed by atoms with Crippen LogP contribution in [0.15, 0.2) is 48.5 Å². The highest BCUT2D eigenvalue weighted by Crippen LogP contribution is 2.24. The molecule has 2 aromatic rings. The van der Waals surface area contributed by atoms with Gasteiger partial charge in [-0.15, -0.1) is 0 Å². The molecule has 2 aromatic carbocycles. The van der Waals surface area contributed by atoms with Gasteiger partial charge in [0.15, 0.2) is 0 Å². The molecule has 0 saturated carbocycles. The number of rotatable bonds is 7. The lowest BCUT2D eigenvalue weighted by Crippen LogP contribution is -2.38. The Morgan fingerprint density at radius 1 is 1.14 bits per heavy atom. The van der Waals surface area contributed by atoms with Crippen molar-refractivity contribution in [1.29, 1.82) is 0 Å².